The van der Waals surface area contributed by atoms with E-state index in [9.17, 15) is 44.0 Å². The van der Waals surface area contributed by atoms with Crippen molar-refractivity contribution in [3.63, 3.8) is 0 Å². The Morgan fingerprint density at radius 2 is 1.18 bits per heavy atom. The van der Waals surface area contributed by atoms with Gasteiger partial charge in [0.25, 0.3) is 10.1 Å². The Hall–Kier alpha value is 0.0500. The summed E-state index contributed by atoms with van der Waals surface area (Å²) in [5.74, 6) is -0.901. The molecular weight excluding hydrogens is 545 g/mol. The van der Waals surface area contributed by atoms with E-state index < -0.39 is 56.5 Å². The molecule has 0 saturated heterocycles. The molecule has 0 fully saturated rings. The van der Waals surface area contributed by atoms with E-state index in [0.717, 1.165) is 42.5 Å². The molecule has 0 unspecified atom stereocenters. The van der Waals surface area contributed by atoms with Crippen LogP contribution in [0.3, 0.4) is 0 Å². The fourth-order valence-electron chi connectivity index (χ4n) is 2.57. The van der Waals surface area contributed by atoms with Crippen molar-refractivity contribution in [2.75, 3.05) is 0 Å². The summed E-state index contributed by atoms with van der Waals surface area (Å²) in [7, 11) is -14.7. The van der Waals surface area contributed by atoms with E-state index in [4.69, 9.17) is 0 Å². The zero-order valence-corrected chi connectivity index (χ0v) is 26.3. The van der Waals surface area contributed by atoms with Gasteiger partial charge in [-0.25, -0.2) is 16.8 Å². The molecule has 0 aliphatic rings. The minimum absolute atomic E-state index is 0. The Bertz CT molecular complexity index is 1560. The Labute approximate surface area is 261 Å². The van der Waals surface area contributed by atoms with Gasteiger partial charge in [-0.15, -0.1) is 5.11 Å². The van der Waals surface area contributed by atoms with Crippen molar-refractivity contribution in [1.82, 2.24) is 0 Å². The van der Waals surface area contributed by atoms with Crippen LogP contribution in [-0.2, 0) is 30.4 Å². The molecule has 0 heterocycles. The molecule has 34 heavy (non-hydrogen) atoms. The maximum atomic E-state index is 12.2. The Morgan fingerprint density at radius 3 is 1.65 bits per heavy atom. The minimum Gasteiger partial charge on any atom is -0.872 e. The maximum absolute atomic E-state index is 12.2. The second-order valence-corrected chi connectivity index (χ2v) is 10.2. The largest absolute Gasteiger partial charge is 1.00 e. The van der Waals surface area contributed by atoms with Crippen LogP contribution in [0.15, 0.2) is 73.4 Å². The summed E-state index contributed by atoms with van der Waals surface area (Å²) in [5, 5.41) is 18.9. The van der Waals surface area contributed by atoms with Gasteiger partial charge in [0.05, 0.1) is 15.5 Å². The predicted octanol–water partition coefficient (Wildman–Crippen LogP) is -7.60. The van der Waals surface area contributed by atoms with Gasteiger partial charge in [-0.1, -0.05) is 11.8 Å². The summed E-state index contributed by atoms with van der Waals surface area (Å²) < 4.78 is 99.8. The van der Waals surface area contributed by atoms with Gasteiger partial charge in [0.2, 0.25) is 0 Å². The van der Waals surface area contributed by atoms with Crippen molar-refractivity contribution < 1.29 is 133 Å². The fraction of sp³-hybridized carbons (Fsp3) is 0. The van der Waals surface area contributed by atoms with Crippen LogP contribution in [0.25, 0.3) is 10.8 Å². The van der Waals surface area contributed by atoms with Crippen LogP contribution >= 0.6 is 0 Å². The molecule has 12 nitrogen and oxygen atoms in total. The molecule has 18 heteroatoms. The molecule has 0 radical (unpaired) electrons. The first-order valence-corrected chi connectivity index (χ1v) is 12.1. The van der Waals surface area contributed by atoms with Gasteiger partial charge >= 0.3 is 88.7 Å². The third-order valence-corrected chi connectivity index (χ3v) is 6.51. The summed E-state index contributed by atoms with van der Waals surface area (Å²) in [6.45, 7) is 0. The molecule has 3 aromatic rings. The average molecular weight is 554 g/mol. The second-order valence-electron chi connectivity index (χ2n) is 6.01. The Balaban J connectivity index is 0.00000363. The van der Waals surface area contributed by atoms with Crippen molar-refractivity contribution in [3.05, 3.63) is 48.5 Å². The van der Waals surface area contributed by atoms with E-state index in [2.05, 4.69) is 10.2 Å². The van der Waals surface area contributed by atoms with Gasteiger partial charge in [-0.2, -0.15) is 13.5 Å². The van der Waals surface area contributed by atoms with Gasteiger partial charge < -0.3 is 14.2 Å². The van der Waals surface area contributed by atoms with Crippen LogP contribution in [0, 0.1) is 0 Å². The fourth-order valence-corrected chi connectivity index (χ4v) is 4.19. The van der Waals surface area contributed by atoms with Gasteiger partial charge in [0.1, 0.15) is 30.8 Å². The van der Waals surface area contributed by atoms with Crippen LogP contribution in [-0.4, -0.2) is 38.9 Å². The summed E-state index contributed by atoms with van der Waals surface area (Å²) in [4.78, 5) is -2.34. The first-order chi connectivity index (χ1) is 14.2. The third-order valence-electron chi connectivity index (χ3n) is 3.96. The van der Waals surface area contributed by atoms with E-state index in [-0.39, 0.29) is 105 Å². The van der Waals surface area contributed by atoms with Crippen LogP contribution < -0.4 is 93.8 Å². The summed E-state index contributed by atoms with van der Waals surface area (Å²) in [6.07, 6.45) is 0. The molecule has 3 aromatic carbocycles. The first-order valence-electron chi connectivity index (χ1n) is 7.87. The molecule has 1 N–H and O–H groups in total. The van der Waals surface area contributed by atoms with Crippen LogP contribution in [0.5, 0.6) is 5.75 Å². The molecule has 0 aliphatic heterocycles. The van der Waals surface area contributed by atoms with Crippen molar-refractivity contribution in [2.45, 2.75) is 14.7 Å². The molecule has 0 saturated carbocycles. The summed E-state index contributed by atoms with van der Waals surface area (Å²) >= 11 is 0. The number of rotatable bonds is 5. The second kappa shape index (κ2) is 12.5. The zero-order chi connectivity index (χ0) is 23.2. The quantitative estimate of drug-likeness (QED) is 0.178. The first kappa shape index (κ1) is 34.0. The molecular formula is C16H9N2Na3O10S3. The molecule has 3 rings (SSSR count). The number of nitrogens with zero attached hydrogens (tertiary/aromatic N) is 2. The Kier molecular flexibility index (Phi) is 12.5. The van der Waals surface area contributed by atoms with Crippen molar-refractivity contribution in [2.24, 2.45) is 10.2 Å². The van der Waals surface area contributed by atoms with E-state index in [1.165, 1.54) is 0 Å². The van der Waals surface area contributed by atoms with Crippen LogP contribution in [0.1, 0.15) is 0 Å². The maximum Gasteiger partial charge on any atom is 1.00 e. The standard InChI is InChI=1S/C16H12N2O10S3.3Na/c19-14-8-15(31(26,27)28)16(13-7-11(30(23,24)25)5-6-12(13)14)18-17-9-1-3-10(4-2-9)29(20,21)22;;;/h1-8,19H,(H,20,21,22)(H,23,24,25)(H,26,27,28);;;/q;3*+1/p-3. The number of benzene rings is 3. The van der Waals surface area contributed by atoms with E-state index in [1.807, 2.05) is 0 Å². The Morgan fingerprint density at radius 1 is 0.676 bits per heavy atom. The molecule has 0 spiro atoms. The molecule has 164 valence electrons. The van der Waals surface area contributed by atoms with Gasteiger partial charge in [0.15, 0.2) is 0 Å². The van der Waals surface area contributed by atoms with Crippen LogP contribution in [0.4, 0.5) is 11.4 Å². The summed E-state index contributed by atoms with van der Waals surface area (Å²) in [6, 6.07) is 7.06. The molecule has 0 atom stereocenters. The zero-order valence-electron chi connectivity index (χ0n) is 17.9. The van der Waals surface area contributed by atoms with E-state index in [1.54, 1.807) is 0 Å². The van der Waals surface area contributed by atoms with Gasteiger partial charge in [-0.3, -0.25) is 4.55 Å². The minimum atomic E-state index is -5.03. The average Bonchev–Trinajstić information content (AvgIpc) is 2.65. The van der Waals surface area contributed by atoms with Gasteiger partial charge in [-0.05, 0) is 47.9 Å². The van der Waals surface area contributed by atoms with Crippen LogP contribution in [0.2, 0.25) is 0 Å². The monoisotopic (exact) mass is 554 g/mol. The topological polar surface area (TPSA) is 217 Å². The molecule has 0 bridgehead atoms. The van der Waals surface area contributed by atoms with E-state index in [0.29, 0.717) is 6.07 Å². The summed E-state index contributed by atoms with van der Waals surface area (Å²) in [5.41, 5.74) is -0.691. The number of azo groups is 1. The number of fused-ring (bicyclic) bond motifs is 1. The van der Waals surface area contributed by atoms with Crippen molar-refractivity contribution in [1.29, 1.82) is 0 Å². The predicted molar refractivity (Wildman–Crippen MR) is 99.8 cm³/mol. The molecule has 0 aliphatic carbocycles. The normalized spacial score (nSPS) is 12.0. The number of hydrogen-bond donors (Lipinski definition) is 1. The van der Waals surface area contributed by atoms with Gasteiger partial charge in [0, 0.05) is 5.39 Å². The molecule has 0 amide bonds. The van der Waals surface area contributed by atoms with Crippen molar-refractivity contribution in [3.8, 4) is 5.75 Å². The molecule has 0 aromatic heterocycles. The van der Waals surface area contributed by atoms with E-state index >= 15 is 0 Å². The smallest absolute Gasteiger partial charge is 0.872 e. The third kappa shape index (κ3) is 8.03. The number of hydrogen-bond acceptors (Lipinski definition) is 11. The SMILES string of the molecule is O=S(=O)([O-])c1ccc(N=Nc2c(S(=O)(=O)O)cc([O-])c3ccc(S(=O)(=O)[O-])cc23)cc1.[Na+].[Na+].[Na+]. The van der Waals surface area contributed by atoms with Crippen molar-refractivity contribution >= 4 is 52.5 Å².